The van der Waals surface area contributed by atoms with E-state index < -0.39 is 0 Å². The molecular formula is C15H18N2OS. The van der Waals surface area contributed by atoms with Gasteiger partial charge in [0, 0.05) is 17.3 Å². The lowest BCUT2D eigenvalue weighted by Gasteiger charge is -2.23. The Bertz CT molecular complexity index is 567. The maximum atomic E-state index is 5.84. The molecule has 2 atom stereocenters. The van der Waals surface area contributed by atoms with Crippen LogP contribution in [0.15, 0.2) is 29.6 Å². The summed E-state index contributed by atoms with van der Waals surface area (Å²) in [5, 5.41) is 6.56. The number of hydrogen-bond acceptors (Lipinski definition) is 4. The number of nitrogens with one attached hydrogen (secondary N) is 1. The third-order valence-electron chi connectivity index (χ3n) is 3.64. The van der Waals surface area contributed by atoms with Crippen LogP contribution in [0.1, 0.15) is 35.1 Å². The first-order valence-corrected chi connectivity index (χ1v) is 7.49. The number of ether oxygens (including phenoxy) is 1. The lowest BCUT2D eigenvalue weighted by Crippen LogP contribution is -2.19. The van der Waals surface area contributed by atoms with Crippen LogP contribution in [0.25, 0.3) is 0 Å². The standard InChI is InChI=1S/C15H18N2OS/c1-10(16-2)13-9-19-15(17-13)12-7-11-5-3-4-6-14(11)18-8-12/h3-6,9-10,12,16H,7-8H2,1-2H3. The Labute approximate surface area is 117 Å². The molecule has 0 saturated heterocycles. The first kappa shape index (κ1) is 12.6. The third kappa shape index (κ3) is 2.51. The molecule has 2 heterocycles. The first-order valence-electron chi connectivity index (χ1n) is 6.61. The summed E-state index contributed by atoms with van der Waals surface area (Å²) in [7, 11) is 1.96. The molecule has 3 nitrogen and oxygen atoms in total. The van der Waals surface area contributed by atoms with E-state index in [-0.39, 0.29) is 0 Å². The van der Waals surface area contributed by atoms with Gasteiger partial charge >= 0.3 is 0 Å². The molecule has 1 aromatic carbocycles. The molecule has 100 valence electrons. The molecule has 1 aliphatic heterocycles. The second kappa shape index (κ2) is 5.31. The Morgan fingerprint density at radius 2 is 2.26 bits per heavy atom. The van der Waals surface area contributed by atoms with Crippen LogP contribution in [-0.2, 0) is 6.42 Å². The zero-order valence-corrected chi connectivity index (χ0v) is 12.0. The van der Waals surface area contributed by atoms with Crippen molar-refractivity contribution in [3.8, 4) is 5.75 Å². The monoisotopic (exact) mass is 274 g/mol. The van der Waals surface area contributed by atoms with Crippen LogP contribution in [0.2, 0.25) is 0 Å². The van der Waals surface area contributed by atoms with Gasteiger partial charge in [0.1, 0.15) is 5.75 Å². The summed E-state index contributed by atoms with van der Waals surface area (Å²) in [4.78, 5) is 4.75. The molecule has 1 aliphatic rings. The Kier molecular flexibility index (Phi) is 3.53. The van der Waals surface area contributed by atoms with E-state index in [1.807, 2.05) is 19.2 Å². The van der Waals surface area contributed by atoms with Crippen LogP contribution < -0.4 is 10.1 Å². The fourth-order valence-electron chi connectivity index (χ4n) is 2.32. The highest BCUT2D eigenvalue weighted by Crippen LogP contribution is 2.33. The topological polar surface area (TPSA) is 34.1 Å². The van der Waals surface area contributed by atoms with Gasteiger partial charge in [0.25, 0.3) is 0 Å². The summed E-state index contributed by atoms with van der Waals surface area (Å²) < 4.78 is 5.84. The molecule has 0 aliphatic carbocycles. The molecule has 0 saturated carbocycles. The van der Waals surface area contributed by atoms with E-state index in [1.165, 1.54) is 10.6 Å². The van der Waals surface area contributed by atoms with Crippen LogP contribution in [0, 0.1) is 0 Å². The number of para-hydroxylation sites is 1. The van der Waals surface area contributed by atoms with E-state index in [0.29, 0.717) is 12.0 Å². The minimum absolute atomic E-state index is 0.307. The van der Waals surface area contributed by atoms with Crippen molar-refractivity contribution in [3.05, 3.63) is 45.9 Å². The minimum Gasteiger partial charge on any atom is -0.493 e. The molecule has 0 spiro atoms. The molecule has 0 radical (unpaired) electrons. The van der Waals surface area contributed by atoms with E-state index in [1.54, 1.807) is 11.3 Å². The van der Waals surface area contributed by atoms with Gasteiger partial charge in [-0.25, -0.2) is 4.98 Å². The quantitative estimate of drug-likeness (QED) is 0.933. The van der Waals surface area contributed by atoms with Gasteiger partial charge in [0.2, 0.25) is 0 Å². The van der Waals surface area contributed by atoms with Crippen LogP contribution in [0.5, 0.6) is 5.75 Å². The number of hydrogen-bond donors (Lipinski definition) is 1. The van der Waals surface area contributed by atoms with Gasteiger partial charge in [0.15, 0.2) is 0 Å². The smallest absolute Gasteiger partial charge is 0.122 e. The second-order valence-corrected chi connectivity index (χ2v) is 5.83. The predicted octanol–water partition coefficient (Wildman–Crippen LogP) is 3.14. The van der Waals surface area contributed by atoms with Crippen molar-refractivity contribution < 1.29 is 4.74 Å². The van der Waals surface area contributed by atoms with Gasteiger partial charge in [-0.1, -0.05) is 18.2 Å². The molecule has 0 bridgehead atoms. The molecular weight excluding hydrogens is 256 g/mol. The van der Waals surface area contributed by atoms with Gasteiger partial charge in [0.05, 0.1) is 17.3 Å². The van der Waals surface area contributed by atoms with Crippen molar-refractivity contribution in [1.82, 2.24) is 10.3 Å². The lowest BCUT2D eigenvalue weighted by molar-refractivity contribution is 0.262. The summed E-state index contributed by atoms with van der Waals surface area (Å²) in [6.45, 7) is 2.86. The summed E-state index contributed by atoms with van der Waals surface area (Å²) in [5.74, 6) is 1.41. The molecule has 0 fully saturated rings. The summed E-state index contributed by atoms with van der Waals surface area (Å²) in [6, 6.07) is 8.59. The van der Waals surface area contributed by atoms with Crippen LogP contribution >= 0.6 is 11.3 Å². The molecule has 0 amide bonds. The Hall–Kier alpha value is -1.39. The Morgan fingerprint density at radius 1 is 1.42 bits per heavy atom. The summed E-state index contributed by atoms with van der Waals surface area (Å²) in [6.07, 6.45) is 1.02. The van der Waals surface area contributed by atoms with E-state index in [9.17, 15) is 0 Å². The van der Waals surface area contributed by atoms with Crippen molar-refractivity contribution in [2.75, 3.05) is 13.7 Å². The lowest BCUT2D eigenvalue weighted by atomic mass is 9.97. The van der Waals surface area contributed by atoms with E-state index >= 15 is 0 Å². The molecule has 1 aromatic heterocycles. The number of rotatable bonds is 3. The average Bonchev–Trinajstić information content (AvgIpc) is 2.95. The van der Waals surface area contributed by atoms with Crippen LogP contribution in [-0.4, -0.2) is 18.6 Å². The number of nitrogens with zero attached hydrogens (tertiary/aromatic N) is 1. The highest BCUT2D eigenvalue weighted by molar-refractivity contribution is 7.09. The van der Waals surface area contributed by atoms with E-state index in [0.717, 1.165) is 24.5 Å². The molecule has 19 heavy (non-hydrogen) atoms. The van der Waals surface area contributed by atoms with Crippen molar-refractivity contribution >= 4 is 11.3 Å². The Balaban J connectivity index is 1.79. The van der Waals surface area contributed by atoms with E-state index in [2.05, 4.69) is 29.8 Å². The molecule has 2 unspecified atom stereocenters. The van der Waals surface area contributed by atoms with Gasteiger partial charge < -0.3 is 10.1 Å². The molecule has 4 heteroatoms. The minimum atomic E-state index is 0.307. The van der Waals surface area contributed by atoms with Crippen LogP contribution in [0.3, 0.4) is 0 Å². The molecule has 3 rings (SSSR count). The third-order valence-corrected chi connectivity index (χ3v) is 4.67. The maximum Gasteiger partial charge on any atom is 0.122 e. The number of fused-ring (bicyclic) bond motifs is 1. The fraction of sp³-hybridized carbons (Fsp3) is 0.400. The summed E-state index contributed by atoms with van der Waals surface area (Å²) in [5.41, 5.74) is 2.42. The second-order valence-electron chi connectivity index (χ2n) is 4.94. The molecule has 1 N–H and O–H groups in total. The van der Waals surface area contributed by atoms with Crippen molar-refractivity contribution in [2.45, 2.75) is 25.3 Å². The maximum absolute atomic E-state index is 5.84. The summed E-state index contributed by atoms with van der Waals surface area (Å²) >= 11 is 1.74. The largest absolute Gasteiger partial charge is 0.493 e. The normalized spacial score (nSPS) is 19.6. The highest BCUT2D eigenvalue weighted by Gasteiger charge is 2.24. The number of aromatic nitrogens is 1. The zero-order chi connectivity index (χ0) is 13.2. The van der Waals surface area contributed by atoms with Gasteiger partial charge in [-0.3, -0.25) is 0 Å². The van der Waals surface area contributed by atoms with Gasteiger partial charge in [-0.2, -0.15) is 0 Å². The SMILES string of the molecule is CNC(C)c1csc(C2COc3ccccc3C2)n1. The number of thiazole rings is 1. The predicted molar refractivity (Wildman–Crippen MR) is 78.0 cm³/mol. The van der Waals surface area contributed by atoms with Crippen molar-refractivity contribution in [1.29, 1.82) is 0 Å². The zero-order valence-electron chi connectivity index (χ0n) is 11.2. The van der Waals surface area contributed by atoms with Crippen LogP contribution in [0.4, 0.5) is 0 Å². The van der Waals surface area contributed by atoms with Gasteiger partial charge in [-0.15, -0.1) is 11.3 Å². The van der Waals surface area contributed by atoms with Gasteiger partial charge in [-0.05, 0) is 32.0 Å². The molecule has 2 aromatic rings. The highest BCUT2D eigenvalue weighted by atomic mass is 32.1. The Morgan fingerprint density at radius 3 is 3.11 bits per heavy atom. The van der Waals surface area contributed by atoms with Crippen molar-refractivity contribution in [3.63, 3.8) is 0 Å². The number of benzene rings is 1. The van der Waals surface area contributed by atoms with Crippen molar-refractivity contribution in [2.24, 2.45) is 0 Å². The average molecular weight is 274 g/mol. The first-order chi connectivity index (χ1) is 9.28. The van der Waals surface area contributed by atoms with E-state index in [4.69, 9.17) is 9.72 Å². The fourth-order valence-corrected chi connectivity index (χ4v) is 3.32.